The zero-order valence-corrected chi connectivity index (χ0v) is 13.9. The van der Waals surface area contributed by atoms with E-state index in [0.717, 1.165) is 5.82 Å². The maximum absolute atomic E-state index is 12.0. The minimum Gasteiger partial charge on any atom is -0.352 e. The molecule has 1 amide bonds. The maximum atomic E-state index is 12.0. The first-order valence-corrected chi connectivity index (χ1v) is 7.67. The van der Waals surface area contributed by atoms with Crippen molar-refractivity contribution in [2.45, 2.75) is 13.0 Å². The highest BCUT2D eigenvalue weighted by Gasteiger charge is 2.09. The van der Waals surface area contributed by atoms with Gasteiger partial charge in [-0.2, -0.15) is 5.10 Å². The van der Waals surface area contributed by atoms with Gasteiger partial charge in [-0.1, -0.05) is 29.3 Å². The molecule has 2 N–H and O–H groups in total. The number of hydrogen-bond acceptors (Lipinski definition) is 3. The van der Waals surface area contributed by atoms with Crippen molar-refractivity contribution in [1.82, 2.24) is 20.1 Å². The van der Waals surface area contributed by atoms with Crippen molar-refractivity contribution in [1.29, 1.82) is 0 Å². The summed E-state index contributed by atoms with van der Waals surface area (Å²) in [6.45, 7) is 4.68. The lowest BCUT2D eigenvalue weighted by Crippen LogP contribution is -2.26. The number of aromatic amines is 1. The van der Waals surface area contributed by atoms with E-state index in [9.17, 15) is 4.79 Å². The maximum Gasteiger partial charge on any atom is 0.251 e. The molecule has 0 aliphatic heterocycles. The van der Waals surface area contributed by atoms with E-state index in [1.54, 1.807) is 18.2 Å². The third-order valence-corrected chi connectivity index (χ3v) is 4.02. The van der Waals surface area contributed by atoms with Crippen molar-refractivity contribution in [3.05, 3.63) is 57.1 Å². The lowest BCUT2D eigenvalue weighted by atomic mass is 10.2. The second-order valence-electron chi connectivity index (χ2n) is 4.48. The fourth-order valence-corrected chi connectivity index (χ4v) is 2.41. The van der Waals surface area contributed by atoms with Crippen LogP contribution in [0, 0.1) is 4.77 Å². The summed E-state index contributed by atoms with van der Waals surface area (Å²) >= 11 is 16.8. The number of halogens is 2. The average molecular weight is 357 g/mol. The van der Waals surface area contributed by atoms with E-state index in [-0.39, 0.29) is 5.91 Å². The number of nitrogens with zero attached hydrogens (tertiary/aromatic N) is 2. The predicted molar refractivity (Wildman–Crippen MR) is 90.1 cm³/mol. The molecule has 22 heavy (non-hydrogen) atoms. The Morgan fingerprint density at radius 2 is 2.23 bits per heavy atom. The molecule has 0 radical (unpaired) electrons. The zero-order chi connectivity index (χ0) is 16.1. The molecule has 0 saturated carbocycles. The summed E-state index contributed by atoms with van der Waals surface area (Å²) in [5, 5.41) is 10.4. The molecule has 116 valence electrons. The fraction of sp³-hybridized carbons (Fsp3) is 0.214. The van der Waals surface area contributed by atoms with Crippen LogP contribution in [-0.2, 0) is 13.0 Å². The Kier molecular flexibility index (Phi) is 5.76. The van der Waals surface area contributed by atoms with E-state index in [2.05, 4.69) is 22.1 Å². The summed E-state index contributed by atoms with van der Waals surface area (Å²) in [4.78, 5) is 12.0. The van der Waals surface area contributed by atoms with Crippen molar-refractivity contribution in [2.24, 2.45) is 0 Å². The summed E-state index contributed by atoms with van der Waals surface area (Å²) in [6, 6.07) is 4.75. The molecular weight excluding hydrogens is 343 g/mol. The van der Waals surface area contributed by atoms with Crippen LogP contribution in [0.25, 0.3) is 0 Å². The van der Waals surface area contributed by atoms with Crippen molar-refractivity contribution in [3.8, 4) is 0 Å². The first-order chi connectivity index (χ1) is 10.5. The van der Waals surface area contributed by atoms with Gasteiger partial charge in [-0.3, -0.25) is 9.89 Å². The van der Waals surface area contributed by atoms with Gasteiger partial charge in [0.05, 0.1) is 10.0 Å². The van der Waals surface area contributed by atoms with E-state index in [4.69, 9.17) is 35.4 Å². The SMILES string of the molecule is C=CCn1c(CCNC(=O)c2ccc(Cl)c(Cl)c2)n[nH]c1=S. The van der Waals surface area contributed by atoms with E-state index < -0.39 is 0 Å². The van der Waals surface area contributed by atoms with Gasteiger partial charge < -0.3 is 9.88 Å². The van der Waals surface area contributed by atoms with Gasteiger partial charge in [0.1, 0.15) is 5.82 Å². The van der Waals surface area contributed by atoms with E-state index in [1.807, 2.05) is 4.57 Å². The topological polar surface area (TPSA) is 62.7 Å². The van der Waals surface area contributed by atoms with Gasteiger partial charge in [0.15, 0.2) is 4.77 Å². The molecule has 2 rings (SSSR count). The quantitative estimate of drug-likeness (QED) is 0.615. The van der Waals surface area contributed by atoms with Crippen LogP contribution in [0.4, 0.5) is 0 Å². The molecule has 0 aliphatic carbocycles. The standard InChI is InChI=1S/C14H14Cl2N4OS/c1-2-7-20-12(18-19-14(20)22)5-6-17-13(21)9-3-4-10(15)11(16)8-9/h2-4,8H,1,5-7H2,(H,17,21)(H,19,22). The molecular formula is C14H14Cl2N4OS. The number of hydrogen-bond donors (Lipinski definition) is 2. The van der Waals surface area contributed by atoms with Crippen LogP contribution in [0.3, 0.4) is 0 Å². The predicted octanol–water partition coefficient (Wildman–Crippen LogP) is 3.41. The molecule has 5 nitrogen and oxygen atoms in total. The van der Waals surface area contributed by atoms with Crippen molar-refractivity contribution >= 4 is 41.3 Å². The third kappa shape index (κ3) is 3.97. The summed E-state index contributed by atoms with van der Waals surface area (Å²) < 4.78 is 2.36. The second kappa shape index (κ2) is 7.58. The van der Waals surface area contributed by atoms with Crippen LogP contribution in [0.5, 0.6) is 0 Å². The van der Waals surface area contributed by atoms with Gasteiger partial charge in [0.2, 0.25) is 0 Å². The molecule has 0 fully saturated rings. The minimum atomic E-state index is -0.219. The summed E-state index contributed by atoms with van der Waals surface area (Å²) in [7, 11) is 0. The van der Waals surface area contributed by atoms with Crippen LogP contribution < -0.4 is 5.32 Å². The van der Waals surface area contributed by atoms with E-state index >= 15 is 0 Å². The van der Waals surface area contributed by atoms with Gasteiger partial charge in [0, 0.05) is 25.1 Å². The lowest BCUT2D eigenvalue weighted by Gasteiger charge is -2.07. The second-order valence-corrected chi connectivity index (χ2v) is 5.68. The first-order valence-electron chi connectivity index (χ1n) is 6.51. The monoisotopic (exact) mass is 356 g/mol. The number of amides is 1. The van der Waals surface area contributed by atoms with Gasteiger partial charge in [0.25, 0.3) is 5.91 Å². The molecule has 0 aliphatic rings. The number of rotatable bonds is 6. The van der Waals surface area contributed by atoms with Crippen LogP contribution in [0.15, 0.2) is 30.9 Å². The Balaban J connectivity index is 1.96. The van der Waals surface area contributed by atoms with Crippen LogP contribution in [-0.4, -0.2) is 27.2 Å². The number of carbonyl (C=O) groups excluding carboxylic acids is 1. The summed E-state index contributed by atoms with van der Waals surface area (Å²) in [6.07, 6.45) is 2.29. The van der Waals surface area contributed by atoms with Crippen molar-refractivity contribution < 1.29 is 4.79 Å². The Bertz CT molecular complexity index is 754. The normalized spacial score (nSPS) is 10.5. The van der Waals surface area contributed by atoms with E-state index in [1.165, 1.54) is 6.07 Å². The zero-order valence-electron chi connectivity index (χ0n) is 11.6. The summed E-state index contributed by atoms with van der Waals surface area (Å²) in [5.41, 5.74) is 0.458. The molecule has 0 spiro atoms. The van der Waals surface area contributed by atoms with Crippen LogP contribution >= 0.6 is 35.4 Å². The van der Waals surface area contributed by atoms with Gasteiger partial charge in [-0.15, -0.1) is 6.58 Å². The highest BCUT2D eigenvalue weighted by atomic mass is 35.5. The highest BCUT2D eigenvalue weighted by molar-refractivity contribution is 7.71. The Labute approximate surface area is 142 Å². The Hall–Kier alpha value is -1.63. The van der Waals surface area contributed by atoms with Crippen LogP contribution in [0.2, 0.25) is 10.0 Å². The lowest BCUT2D eigenvalue weighted by molar-refractivity contribution is 0.0954. The fourth-order valence-electron chi connectivity index (χ4n) is 1.89. The first kappa shape index (κ1) is 16.7. The van der Waals surface area contributed by atoms with Gasteiger partial charge >= 0.3 is 0 Å². The Morgan fingerprint density at radius 3 is 2.91 bits per heavy atom. The molecule has 0 unspecified atom stereocenters. The Morgan fingerprint density at radius 1 is 1.45 bits per heavy atom. The molecule has 0 saturated heterocycles. The molecule has 1 aromatic carbocycles. The third-order valence-electron chi connectivity index (χ3n) is 2.96. The summed E-state index contributed by atoms with van der Waals surface area (Å²) in [5.74, 6) is 0.544. The molecule has 2 aromatic rings. The van der Waals surface area contributed by atoms with Crippen LogP contribution in [0.1, 0.15) is 16.2 Å². The van der Waals surface area contributed by atoms with Gasteiger partial charge in [-0.25, -0.2) is 0 Å². The molecule has 0 atom stereocenters. The number of aromatic nitrogens is 3. The van der Waals surface area contributed by atoms with Crippen molar-refractivity contribution in [2.75, 3.05) is 6.54 Å². The smallest absolute Gasteiger partial charge is 0.251 e. The number of benzene rings is 1. The van der Waals surface area contributed by atoms with Crippen molar-refractivity contribution in [3.63, 3.8) is 0 Å². The van der Waals surface area contributed by atoms with Gasteiger partial charge in [-0.05, 0) is 30.4 Å². The average Bonchev–Trinajstić information content (AvgIpc) is 2.83. The minimum absolute atomic E-state index is 0.219. The molecule has 1 heterocycles. The number of allylic oxidation sites excluding steroid dienone is 1. The molecule has 0 bridgehead atoms. The number of carbonyl (C=O) groups is 1. The number of H-pyrrole nitrogens is 1. The molecule has 8 heteroatoms. The largest absolute Gasteiger partial charge is 0.352 e. The van der Waals surface area contributed by atoms with E-state index in [0.29, 0.717) is 39.9 Å². The molecule has 1 aromatic heterocycles. The number of nitrogens with one attached hydrogen (secondary N) is 2. The highest BCUT2D eigenvalue weighted by Crippen LogP contribution is 2.22.